The second kappa shape index (κ2) is 10.8. The monoisotopic (exact) mass is 521 g/mol. The number of aromatic nitrogens is 3. The first-order valence-corrected chi connectivity index (χ1v) is 13.6. The highest BCUT2D eigenvalue weighted by Gasteiger charge is 2.37. The third-order valence-corrected chi connectivity index (χ3v) is 8.11. The largest absolute Gasteiger partial charge is 0.332 e. The van der Waals surface area contributed by atoms with Crippen molar-refractivity contribution < 1.29 is 9.18 Å². The standard InChI is InChI=1S/C32H32FN5O/c1-21-28-20-36-38(27-14-12-25(33)13-15-27)30(28)18-24-11-10-23(31(21)24)17-29(22-7-3-2-4-8-22)37-32(39)35-19-26-9-5-6-16-34-26/h2-9,12-16,20-21,23,29H,10-11,17-19H2,1H3,(H2,35,37,39)/t21-,23+,29?/m0/s1. The highest BCUT2D eigenvalue weighted by molar-refractivity contribution is 5.74. The fourth-order valence-corrected chi connectivity index (χ4v) is 6.26. The Hall–Kier alpha value is -4.26. The lowest BCUT2D eigenvalue weighted by molar-refractivity contribution is 0.234. The summed E-state index contributed by atoms with van der Waals surface area (Å²) < 4.78 is 15.5. The summed E-state index contributed by atoms with van der Waals surface area (Å²) in [6, 6.07) is 22.1. The number of hydrogen-bond donors (Lipinski definition) is 2. The molecule has 0 spiro atoms. The fraction of sp³-hybridized carbons (Fsp3) is 0.281. The maximum absolute atomic E-state index is 13.5. The minimum atomic E-state index is -0.247. The highest BCUT2D eigenvalue weighted by atomic mass is 19.1. The van der Waals surface area contributed by atoms with E-state index in [1.807, 2.05) is 47.3 Å². The maximum atomic E-state index is 13.5. The number of hydrogen-bond acceptors (Lipinski definition) is 3. The number of pyridine rings is 1. The molecule has 39 heavy (non-hydrogen) atoms. The van der Waals surface area contributed by atoms with Gasteiger partial charge in [0, 0.05) is 24.1 Å². The summed E-state index contributed by atoms with van der Waals surface area (Å²) in [6.45, 7) is 2.65. The molecule has 2 amide bonds. The minimum absolute atomic E-state index is 0.109. The van der Waals surface area contributed by atoms with E-state index in [9.17, 15) is 9.18 Å². The number of halogens is 1. The number of fused-ring (bicyclic) bond motifs is 1. The quantitative estimate of drug-likeness (QED) is 0.276. The van der Waals surface area contributed by atoms with Gasteiger partial charge in [0.15, 0.2) is 0 Å². The highest BCUT2D eigenvalue weighted by Crippen LogP contribution is 2.49. The summed E-state index contributed by atoms with van der Waals surface area (Å²) in [6.07, 6.45) is 7.52. The number of nitrogens with one attached hydrogen (secondary N) is 2. The number of rotatable bonds is 7. The molecular weight excluding hydrogens is 489 g/mol. The van der Waals surface area contributed by atoms with Gasteiger partial charge in [-0.3, -0.25) is 4.98 Å². The Kier molecular flexibility index (Phi) is 6.97. The van der Waals surface area contributed by atoms with E-state index >= 15 is 0 Å². The zero-order valence-corrected chi connectivity index (χ0v) is 22.0. The van der Waals surface area contributed by atoms with Gasteiger partial charge in [-0.05, 0) is 67.1 Å². The molecule has 0 aliphatic heterocycles. The van der Waals surface area contributed by atoms with Crippen molar-refractivity contribution >= 4 is 6.03 Å². The Labute approximate surface area is 228 Å². The third kappa shape index (κ3) is 5.21. The van der Waals surface area contributed by atoms with Gasteiger partial charge in [0.1, 0.15) is 5.82 Å². The smallest absolute Gasteiger partial charge is 0.315 e. The van der Waals surface area contributed by atoms with Crippen LogP contribution in [0.2, 0.25) is 0 Å². The molecule has 3 atom stereocenters. The van der Waals surface area contributed by atoms with Crippen molar-refractivity contribution in [3.63, 3.8) is 0 Å². The van der Waals surface area contributed by atoms with Crippen LogP contribution in [0.15, 0.2) is 96.3 Å². The summed E-state index contributed by atoms with van der Waals surface area (Å²) in [5, 5.41) is 10.9. The van der Waals surface area contributed by atoms with Crippen LogP contribution in [0.25, 0.3) is 5.69 Å². The molecule has 2 N–H and O–H groups in total. The van der Waals surface area contributed by atoms with Gasteiger partial charge in [-0.25, -0.2) is 13.9 Å². The minimum Gasteiger partial charge on any atom is -0.332 e. The van der Waals surface area contributed by atoms with E-state index in [1.165, 1.54) is 34.5 Å². The lowest BCUT2D eigenvalue weighted by Crippen LogP contribution is -2.38. The van der Waals surface area contributed by atoms with Crippen LogP contribution >= 0.6 is 0 Å². The molecule has 7 heteroatoms. The summed E-state index contributed by atoms with van der Waals surface area (Å²) >= 11 is 0. The molecule has 2 heterocycles. The number of carbonyl (C=O) groups is 1. The molecule has 2 aliphatic carbocycles. The summed E-state index contributed by atoms with van der Waals surface area (Å²) in [5.41, 5.74) is 8.22. The van der Waals surface area contributed by atoms with Gasteiger partial charge in [-0.1, -0.05) is 54.5 Å². The number of nitrogens with zero attached hydrogens (tertiary/aromatic N) is 3. The molecule has 0 saturated heterocycles. The van der Waals surface area contributed by atoms with Crippen molar-refractivity contribution in [1.29, 1.82) is 0 Å². The number of amides is 2. The molecule has 2 aliphatic rings. The van der Waals surface area contributed by atoms with E-state index < -0.39 is 0 Å². The molecular formula is C32H32FN5O. The number of urea groups is 1. The molecule has 0 fully saturated rings. The van der Waals surface area contributed by atoms with E-state index in [4.69, 9.17) is 5.10 Å². The Balaban J connectivity index is 1.20. The molecule has 2 aromatic heterocycles. The van der Waals surface area contributed by atoms with Gasteiger partial charge < -0.3 is 10.6 Å². The second-order valence-corrected chi connectivity index (χ2v) is 10.5. The van der Waals surface area contributed by atoms with E-state index in [0.717, 1.165) is 42.6 Å². The molecule has 0 bridgehead atoms. The van der Waals surface area contributed by atoms with Crippen LogP contribution in [-0.2, 0) is 13.0 Å². The summed E-state index contributed by atoms with van der Waals surface area (Å²) in [7, 11) is 0. The van der Waals surface area contributed by atoms with Gasteiger partial charge in [0.05, 0.1) is 35.9 Å². The first-order chi connectivity index (χ1) is 19.1. The first-order valence-electron chi connectivity index (χ1n) is 13.6. The normalized spacial score (nSPS) is 18.8. The van der Waals surface area contributed by atoms with Gasteiger partial charge in [0.2, 0.25) is 0 Å². The average molecular weight is 522 g/mol. The molecule has 0 radical (unpaired) electrons. The topological polar surface area (TPSA) is 71.8 Å². The van der Waals surface area contributed by atoms with Gasteiger partial charge >= 0.3 is 6.03 Å². The maximum Gasteiger partial charge on any atom is 0.315 e. The van der Waals surface area contributed by atoms with Crippen LogP contribution in [-0.4, -0.2) is 20.8 Å². The SMILES string of the molecule is C[C@@H]1C2=C(CC[C@@H]2CC(NC(=O)NCc2ccccn2)c2ccccc2)Cc2c1cnn2-c1ccc(F)cc1. The summed E-state index contributed by atoms with van der Waals surface area (Å²) in [4.78, 5) is 17.2. The zero-order valence-electron chi connectivity index (χ0n) is 22.0. The van der Waals surface area contributed by atoms with E-state index in [0.29, 0.717) is 12.5 Å². The predicted octanol–water partition coefficient (Wildman–Crippen LogP) is 6.40. The van der Waals surface area contributed by atoms with Gasteiger partial charge in [0.25, 0.3) is 0 Å². The van der Waals surface area contributed by atoms with Crippen LogP contribution in [0, 0.1) is 11.7 Å². The average Bonchev–Trinajstić information content (AvgIpc) is 3.58. The molecule has 2 aromatic carbocycles. The van der Waals surface area contributed by atoms with Crippen LogP contribution in [0.1, 0.15) is 60.7 Å². The lowest BCUT2D eigenvalue weighted by Gasteiger charge is -2.30. The lowest BCUT2D eigenvalue weighted by atomic mass is 9.78. The summed E-state index contributed by atoms with van der Waals surface area (Å²) in [5.74, 6) is 0.377. The van der Waals surface area contributed by atoms with Crippen molar-refractivity contribution in [2.24, 2.45) is 5.92 Å². The fourth-order valence-electron chi connectivity index (χ4n) is 6.26. The first kappa shape index (κ1) is 25.0. The Morgan fingerprint density at radius 3 is 2.64 bits per heavy atom. The van der Waals surface area contributed by atoms with Crippen molar-refractivity contribution in [1.82, 2.24) is 25.4 Å². The third-order valence-electron chi connectivity index (χ3n) is 8.11. The molecule has 0 saturated carbocycles. The van der Waals surface area contributed by atoms with Gasteiger partial charge in [-0.2, -0.15) is 5.10 Å². The number of benzene rings is 2. The van der Waals surface area contributed by atoms with Crippen molar-refractivity contribution in [3.8, 4) is 5.69 Å². The molecule has 1 unspecified atom stereocenters. The molecule has 6 nitrogen and oxygen atoms in total. The Morgan fingerprint density at radius 1 is 1.08 bits per heavy atom. The van der Waals surface area contributed by atoms with Crippen LogP contribution in [0.5, 0.6) is 0 Å². The Morgan fingerprint density at radius 2 is 1.87 bits per heavy atom. The second-order valence-electron chi connectivity index (χ2n) is 10.5. The molecule has 6 rings (SSSR count). The van der Waals surface area contributed by atoms with Crippen molar-refractivity contribution in [3.05, 3.63) is 125 Å². The Bertz CT molecular complexity index is 1480. The van der Waals surface area contributed by atoms with E-state index in [2.05, 4.69) is 34.7 Å². The predicted molar refractivity (Wildman–Crippen MR) is 149 cm³/mol. The zero-order chi connectivity index (χ0) is 26.8. The van der Waals surface area contributed by atoms with Crippen LogP contribution < -0.4 is 10.6 Å². The number of carbonyl (C=O) groups excluding carboxylic acids is 1. The van der Waals surface area contributed by atoms with Crippen LogP contribution in [0.4, 0.5) is 9.18 Å². The van der Waals surface area contributed by atoms with E-state index in [1.54, 1.807) is 18.3 Å². The number of allylic oxidation sites excluding steroid dienone is 2. The van der Waals surface area contributed by atoms with Crippen molar-refractivity contribution in [2.75, 3.05) is 0 Å². The van der Waals surface area contributed by atoms with Gasteiger partial charge in [-0.15, -0.1) is 0 Å². The van der Waals surface area contributed by atoms with Crippen molar-refractivity contribution in [2.45, 2.75) is 51.1 Å². The van der Waals surface area contributed by atoms with Crippen LogP contribution in [0.3, 0.4) is 0 Å². The van der Waals surface area contributed by atoms with E-state index in [-0.39, 0.29) is 23.8 Å². The molecule has 198 valence electrons. The molecule has 4 aromatic rings.